The molecule has 2 aromatic heterocycles. The van der Waals surface area contributed by atoms with Crippen molar-refractivity contribution in [3.05, 3.63) is 144 Å². The highest BCUT2D eigenvalue weighted by molar-refractivity contribution is 6.26. The van der Waals surface area contributed by atoms with E-state index in [1.54, 1.807) is 22.4 Å². The number of hydrogen-bond acceptors (Lipinski definition) is 3. The highest BCUT2D eigenvalue weighted by atomic mass is 16.1. The summed E-state index contributed by atoms with van der Waals surface area (Å²) in [6, 6.07) is 42.7. The molecule has 5 heteroatoms. The van der Waals surface area contributed by atoms with Crippen molar-refractivity contribution in [3.8, 4) is 22.4 Å². The normalized spacial score (nSPS) is 12.7. The van der Waals surface area contributed by atoms with Gasteiger partial charge in [-0.3, -0.25) is 9.13 Å². The zero-order chi connectivity index (χ0) is 30.2. The predicted octanol–water partition coefficient (Wildman–Crippen LogP) is 9.12. The molecule has 0 amide bonds. The van der Waals surface area contributed by atoms with E-state index in [9.17, 15) is 4.79 Å². The minimum Gasteiger partial charge on any atom is -0.278 e. The first-order valence-electron chi connectivity index (χ1n) is 15.3. The monoisotopic (exact) mass is 580 g/mol. The van der Waals surface area contributed by atoms with Crippen LogP contribution in [0.3, 0.4) is 0 Å². The maximum absolute atomic E-state index is 13.4. The molecule has 5 nitrogen and oxygen atoms in total. The molecule has 9 aromatic rings. The van der Waals surface area contributed by atoms with E-state index in [0.717, 1.165) is 27.6 Å². The Morgan fingerprint density at radius 2 is 1.18 bits per heavy atom. The highest BCUT2D eigenvalue weighted by Gasteiger charge is 2.21. The maximum atomic E-state index is 13.4. The second-order valence-corrected chi connectivity index (χ2v) is 11.9. The zero-order valence-electron chi connectivity index (χ0n) is 24.9. The predicted molar refractivity (Wildman–Crippen MR) is 185 cm³/mol. The van der Waals surface area contributed by atoms with Gasteiger partial charge in [-0.25, -0.2) is 14.8 Å². The van der Waals surface area contributed by atoms with E-state index in [1.807, 2.05) is 37.3 Å². The molecule has 45 heavy (non-hydrogen) atoms. The van der Waals surface area contributed by atoms with Crippen molar-refractivity contribution >= 4 is 54.4 Å². The van der Waals surface area contributed by atoms with Crippen molar-refractivity contribution in [1.82, 2.24) is 19.1 Å². The summed E-state index contributed by atoms with van der Waals surface area (Å²) in [5, 5.41) is 9.89. The van der Waals surface area contributed by atoms with Gasteiger partial charge < -0.3 is 0 Å². The second-order valence-electron chi connectivity index (χ2n) is 11.9. The number of aromatic nitrogens is 4. The van der Waals surface area contributed by atoms with Gasteiger partial charge in [0.1, 0.15) is 0 Å². The number of hydrogen-bond donors (Lipinski definition) is 0. The van der Waals surface area contributed by atoms with E-state index in [2.05, 4.69) is 91.0 Å². The smallest absolute Gasteiger partial charge is 0.278 e. The molecule has 0 radical (unpaired) electrons. The molecule has 9 rings (SSSR count). The van der Waals surface area contributed by atoms with Gasteiger partial charge in [0.25, 0.3) is 0 Å². The van der Waals surface area contributed by atoms with Crippen LogP contribution in [0.4, 0.5) is 0 Å². The minimum absolute atomic E-state index is 0.132. The lowest BCUT2D eigenvalue weighted by Crippen LogP contribution is -2.25. The lowest BCUT2D eigenvalue weighted by molar-refractivity contribution is 0.613. The summed E-state index contributed by atoms with van der Waals surface area (Å²) in [4.78, 5) is 23.3. The molecule has 2 heterocycles. The van der Waals surface area contributed by atoms with E-state index in [-0.39, 0.29) is 11.7 Å². The largest absolute Gasteiger partial charge is 0.331 e. The average molecular weight is 581 g/mol. The Bertz CT molecular complexity index is 2630. The molecule has 0 bridgehead atoms. The van der Waals surface area contributed by atoms with Gasteiger partial charge in [-0.1, -0.05) is 121 Å². The molecule has 0 saturated heterocycles. The third-order valence-corrected chi connectivity index (χ3v) is 9.46. The Morgan fingerprint density at radius 1 is 0.578 bits per heavy atom. The number of fused-ring (bicyclic) bond motifs is 2. The Hall–Kier alpha value is -5.81. The van der Waals surface area contributed by atoms with E-state index >= 15 is 0 Å². The van der Waals surface area contributed by atoms with Crippen molar-refractivity contribution in [2.75, 3.05) is 0 Å². The Morgan fingerprint density at radius 3 is 1.96 bits per heavy atom. The summed E-state index contributed by atoms with van der Waals surface area (Å²) >= 11 is 0. The fraction of sp³-hybridized carbons (Fsp3) is 0.0750. The van der Waals surface area contributed by atoms with E-state index in [4.69, 9.17) is 9.97 Å². The van der Waals surface area contributed by atoms with Crippen LogP contribution in [0.5, 0.6) is 0 Å². The van der Waals surface area contributed by atoms with Crippen molar-refractivity contribution in [1.29, 1.82) is 0 Å². The zero-order valence-corrected chi connectivity index (χ0v) is 24.9. The second kappa shape index (κ2) is 9.60. The number of aryl methyl sites for hydroxylation is 1. The Balaban J connectivity index is 1.26. The van der Waals surface area contributed by atoms with Crippen LogP contribution in [0.2, 0.25) is 0 Å². The van der Waals surface area contributed by atoms with Crippen LogP contribution < -0.4 is 5.69 Å². The summed E-state index contributed by atoms with van der Waals surface area (Å²) in [6.07, 6.45) is 1.79. The van der Waals surface area contributed by atoms with Crippen LogP contribution in [-0.2, 0) is 7.05 Å². The Labute approximate surface area is 259 Å². The van der Waals surface area contributed by atoms with Gasteiger partial charge in [0.05, 0.1) is 17.9 Å². The number of benzene rings is 7. The van der Waals surface area contributed by atoms with Crippen LogP contribution in [-0.4, -0.2) is 19.1 Å². The first-order chi connectivity index (χ1) is 22.1. The van der Waals surface area contributed by atoms with Crippen LogP contribution in [0.1, 0.15) is 18.5 Å². The fourth-order valence-electron chi connectivity index (χ4n) is 7.20. The first-order valence-corrected chi connectivity index (χ1v) is 15.3. The first kappa shape index (κ1) is 25.7. The fourth-order valence-corrected chi connectivity index (χ4v) is 7.20. The molecule has 0 aliphatic rings. The van der Waals surface area contributed by atoms with Crippen LogP contribution in [0.15, 0.2) is 132 Å². The molecule has 1 atom stereocenters. The molecular formula is C40H28N4O. The van der Waals surface area contributed by atoms with Crippen molar-refractivity contribution in [2.24, 2.45) is 7.05 Å². The van der Waals surface area contributed by atoms with Crippen LogP contribution >= 0.6 is 0 Å². The standard InChI is InChI=1S/C40H28N4O/c1-24(25-9-4-3-5-10-25)44-39-38(43(2)40(44)45)41-23-35(42-39)33-22-21-31(29-13-6-7-14-30(29)33)32-19-17-28-16-15-26-11-8-12-27-18-20-34(32)37(28)36(26)27/h3-24H,1-2H3/t24-/m1/s1. The van der Waals surface area contributed by atoms with E-state index < -0.39 is 0 Å². The topological polar surface area (TPSA) is 52.7 Å². The van der Waals surface area contributed by atoms with Gasteiger partial charge in [-0.15, -0.1) is 0 Å². The SMILES string of the molecule is C[C@H](c1ccccc1)n1c(=O)n(C)c2ncc(-c3ccc(-c4ccc5ccc6cccc7ccc4c5c67)c4ccccc34)nc21. The van der Waals surface area contributed by atoms with E-state index in [0.29, 0.717) is 11.3 Å². The lowest BCUT2D eigenvalue weighted by Gasteiger charge is -2.17. The van der Waals surface area contributed by atoms with Gasteiger partial charge in [0, 0.05) is 12.6 Å². The van der Waals surface area contributed by atoms with Crippen LogP contribution in [0, 0.1) is 0 Å². The molecular weight excluding hydrogens is 552 g/mol. The summed E-state index contributed by atoms with van der Waals surface area (Å²) in [6.45, 7) is 2.03. The van der Waals surface area contributed by atoms with Gasteiger partial charge in [-0.2, -0.15) is 0 Å². The quantitative estimate of drug-likeness (QED) is 0.195. The Kier molecular flexibility index (Phi) is 5.47. The molecule has 7 aromatic carbocycles. The van der Waals surface area contributed by atoms with Crippen molar-refractivity contribution in [2.45, 2.75) is 13.0 Å². The summed E-state index contributed by atoms with van der Waals surface area (Å²) in [5.74, 6) is 0. The van der Waals surface area contributed by atoms with Gasteiger partial charge in [0.15, 0.2) is 11.3 Å². The average Bonchev–Trinajstić information content (AvgIpc) is 3.35. The highest BCUT2D eigenvalue weighted by Crippen LogP contribution is 2.42. The lowest BCUT2D eigenvalue weighted by atomic mass is 9.87. The number of nitrogens with zero attached hydrogens (tertiary/aromatic N) is 4. The van der Waals surface area contributed by atoms with Gasteiger partial charge in [0.2, 0.25) is 0 Å². The molecule has 214 valence electrons. The molecule has 0 N–H and O–H groups in total. The summed E-state index contributed by atoms with van der Waals surface area (Å²) < 4.78 is 3.34. The summed E-state index contributed by atoms with van der Waals surface area (Å²) in [7, 11) is 1.76. The summed E-state index contributed by atoms with van der Waals surface area (Å²) in [5.41, 5.74) is 6.17. The molecule has 0 spiro atoms. The molecule has 0 unspecified atom stereocenters. The minimum atomic E-state index is -0.194. The van der Waals surface area contributed by atoms with Crippen LogP contribution in [0.25, 0.3) is 76.8 Å². The van der Waals surface area contributed by atoms with E-state index in [1.165, 1.54) is 43.4 Å². The van der Waals surface area contributed by atoms with Crippen molar-refractivity contribution in [3.63, 3.8) is 0 Å². The number of imidazole rings is 1. The number of rotatable bonds is 4. The van der Waals surface area contributed by atoms with Crippen molar-refractivity contribution < 1.29 is 0 Å². The maximum Gasteiger partial charge on any atom is 0.331 e. The molecule has 0 saturated carbocycles. The third-order valence-electron chi connectivity index (χ3n) is 9.46. The van der Waals surface area contributed by atoms with Gasteiger partial charge >= 0.3 is 5.69 Å². The molecule has 0 aliphatic carbocycles. The third kappa shape index (κ3) is 3.71. The molecule has 0 fully saturated rings. The molecule has 0 aliphatic heterocycles. The van der Waals surface area contributed by atoms with Gasteiger partial charge in [-0.05, 0) is 66.7 Å².